The average Bonchev–Trinajstić information content (AvgIpc) is 3.45. The van der Waals surface area contributed by atoms with Crippen molar-refractivity contribution >= 4 is 27.5 Å². The number of piperazine rings is 1. The molecule has 1 aliphatic carbocycles. The lowest BCUT2D eigenvalue weighted by Gasteiger charge is -2.35. The molecule has 1 saturated carbocycles. The summed E-state index contributed by atoms with van der Waals surface area (Å²) < 4.78 is 17.0. The molecule has 4 nitrogen and oxygen atoms in total. The van der Waals surface area contributed by atoms with Crippen molar-refractivity contribution < 1.29 is 9.18 Å². The molecule has 1 amide bonds. The molecule has 0 N–H and O–H groups in total. The first kappa shape index (κ1) is 18.8. The Labute approximate surface area is 174 Å². The molecule has 0 atom stereocenters. The number of hydrogen-bond acceptors (Lipinski definition) is 3. The first-order valence-electron chi connectivity index (χ1n) is 10.5. The highest BCUT2D eigenvalue weighted by Gasteiger charge is 2.29. The van der Waals surface area contributed by atoms with Gasteiger partial charge in [0.2, 0.25) is 0 Å². The van der Waals surface area contributed by atoms with Gasteiger partial charge >= 0.3 is 0 Å². The number of carbonyl (C=O) groups excluding carboxylic acids is 1. The van der Waals surface area contributed by atoms with Gasteiger partial charge in [0.25, 0.3) is 5.91 Å². The van der Waals surface area contributed by atoms with E-state index >= 15 is 0 Å². The number of benzene rings is 1. The topological polar surface area (TPSA) is 28.5 Å². The van der Waals surface area contributed by atoms with E-state index in [-0.39, 0.29) is 11.7 Å². The molecule has 3 heterocycles. The maximum Gasteiger partial charge on any atom is 0.270 e. The Balaban J connectivity index is 1.30. The van der Waals surface area contributed by atoms with E-state index in [1.807, 2.05) is 11.0 Å². The zero-order valence-corrected chi connectivity index (χ0v) is 17.3. The minimum atomic E-state index is -0.191. The summed E-state index contributed by atoms with van der Waals surface area (Å²) in [5, 5.41) is 2.12. The van der Waals surface area contributed by atoms with E-state index in [0.29, 0.717) is 6.04 Å². The van der Waals surface area contributed by atoms with Crippen LogP contribution in [0.1, 0.15) is 47.8 Å². The molecular formula is C23H26FN3OS. The van der Waals surface area contributed by atoms with Gasteiger partial charge in [0.15, 0.2) is 0 Å². The van der Waals surface area contributed by atoms with E-state index in [1.165, 1.54) is 42.0 Å². The molecule has 0 bridgehead atoms. The van der Waals surface area contributed by atoms with E-state index in [1.54, 1.807) is 23.5 Å². The lowest BCUT2D eigenvalue weighted by molar-refractivity contribution is 0.0616. The van der Waals surface area contributed by atoms with E-state index in [4.69, 9.17) is 0 Å². The zero-order valence-electron chi connectivity index (χ0n) is 16.5. The van der Waals surface area contributed by atoms with Crippen molar-refractivity contribution in [2.45, 2.75) is 38.3 Å². The summed E-state index contributed by atoms with van der Waals surface area (Å²) >= 11 is 1.72. The Morgan fingerprint density at radius 3 is 2.62 bits per heavy atom. The van der Waals surface area contributed by atoms with Gasteiger partial charge in [-0.15, -0.1) is 11.3 Å². The van der Waals surface area contributed by atoms with Crippen molar-refractivity contribution in [2.75, 3.05) is 26.2 Å². The molecule has 2 aromatic heterocycles. The Morgan fingerprint density at radius 1 is 1.07 bits per heavy atom. The number of thiophene rings is 1. The van der Waals surface area contributed by atoms with Crippen LogP contribution in [0.5, 0.6) is 0 Å². The molecule has 152 valence electrons. The predicted octanol–water partition coefficient (Wildman–Crippen LogP) is 4.92. The first-order chi connectivity index (χ1) is 14.2. The van der Waals surface area contributed by atoms with E-state index < -0.39 is 0 Å². The third-order valence-corrected chi connectivity index (χ3v) is 7.18. The van der Waals surface area contributed by atoms with Gasteiger partial charge in [-0.1, -0.05) is 25.0 Å². The lowest BCUT2D eigenvalue weighted by Crippen LogP contribution is -2.48. The largest absolute Gasteiger partial charge is 0.335 e. The smallest absolute Gasteiger partial charge is 0.270 e. The molecule has 1 aliphatic heterocycles. The summed E-state index contributed by atoms with van der Waals surface area (Å²) in [6.07, 6.45) is 4.84. The minimum absolute atomic E-state index is 0.158. The van der Waals surface area contributed by atoms with Crippen LogP contribution < -0.4 is 0 Å². The van der Waals surface area contributed by atoms with Gasteiger partial charge in [0, 0.05) is 38.8 Å². The maximum absolute atomic E-state index is 13.4. The Bertz CT molecular complexity index is 1010. The highest BCUT2D eigenvalue weighted by atomic mass is 32.1. The van der Waals surface area contributed by atoms with Crippen molar-refractivity contribution in [1.29, 1.82) is 0 Å². The number of rotatable bonds is 4. The van der Waals surface area contributed by atoms with Crippen molar-refractivity contribution in [2.24, 2.45) is 0 Å². The fourth-order valence-electron chi connectivity index (χ4n) is 4.83. The van der Waals surface area contributed by atoms with Crippen LogP contribution in [-0.2, 0) is 6.54 Å². The van der Waals surface area contributed by atoms with Gasteiger partial charge in [-0.3, -0.25) is 9.69 Å². The number of hydrogen-bond donors (Lipinski definition) is 0. The van der Waals surface area contributed by atoms with Crippen LogP contribution in [0, 0.1) is 5.82 Å². The van der Waals surface area contributed by atoms with Gasteiger partial charge in [-0.2, -0.15) is 0 Å². The van der Waals surface area contributed by atoms with Gasteiger partial charge in [-0.05, 0) is 48.1 Å². The van der Waals surface area contributed by atoms with E-state index in [9.17, 15) is 9.18 Å². The zero-order chi connectivity index (χ0) is 19.8. The van der Waals surface area contributed by atoms with E-state index in [0.717, 1.165) is 44.0 Å². The molecule has 6 heteroatoms. The third kappa shape index (κ3) is 3.71. The first-order valence-corrected chi connectivity index (χ1v) is 11.4. The third-order valence-electron chi connectivity index (χ3n) is 6.32. The predicted molar refractivity (Wildman–Crippen MR) is 115 cm³/mol. The summed E-state index contributed by atoms with van der Waals surface area (Å²) in [4.78, 5) is 17.7. The summed E-state index contributed by atoms with van der Waals surface area (Å²) in [6, 6.07) is 11.5. The average molecular weight is 412 g/mol. The highest BCUT2D eigenvalue weighted by Crippen LogP contribution is 2.37. The molecule has 1 aromatic carbocycles. The maximum atomic E-state index is 13.4. The number of fused-ring (bicyclic) bond motifs is 1. The van der Waals surface area contributed by atoms with E-state index in [2.05, 4.69) is 27.0 Å². The SMILES string of the molecule is O=C(c1cc2sccc2n1C1CCCC1)N1CCN(Cc2cccc(F)c2)CC1. The summed E-state index contributed by atoms with van der Waals surface area (Å²) in [5.41, 5.74) is 3.06. The number of nitrogens with zero attached hydrogens (tertiary/aromatic N) is 3. The quantitative estimate of drug-likeness (QED) is 0.610. The Kier molecular flexibility index (Phi) is 5.14. The van der Waals surface area contributed by atoms with Crippen molar-refractivity contribution in [3.63, 3.8) is 0 Å². The Morgan fingerprint density at radius 2 is 1.86 bits per heavy atom. The van der Waals surface area contributed by atoms with Gasteiger partial charge in [-0.25, -0.2) is 4.39 Å². The molecule has 2 aliphatic rings. The monoisotopic (exact) mass is 411 g/mol. The Hall–Kier alpha value is -2.18. The molecule has 0 spiro atoms. The van der Waals surface area contributed by atoms with Gasteiger partial charge in [0.1, 0.15) is 11.5 Å². The van der Waals surface area contributed by atoms with Gasteiger partial charge < -0.3 is 9.47 Å². The van der Waals surface area contributed by atoms with Crippen LogP contribution in [0.2, 0.25) is 0 Å². The highest BCUT2D eigenvalue weighted by molar-refractivity contribution is 7.17. The molecule has 2 fully saturated rings. The number of carbonyl (C=O) groups is 1. The summed E-state index contributed by atoms with van der Waals surface area (Å²) in [5.74, 6) is -0.0327. The molecule has 29 heavy (non-hydrogen) atoms. The molecule has 5 rings (SSSR count). The van der Waals surface area contributed by atoms with Crippen LogP contribution in [0.3, 0.4) is 0 Å². The van der Waals surface area contributed by atoms with Crippen molar-refractivity contribution in [3.05, 3.63) is 58.9 Å². The lowest BCUT2D eigenvalue weighted by atomic mass is 10.2. The second kappa shape index (κ2) is 7.92. The molecule has 0 radical (unpaired) electrons. The normalized spacial score (nSPS) is 18.7. The molecular weight excluding hydrogens is 385 g/mol. The van der Waals surface area contributed by atoms with Crippen LogP contribution >= 0.6 is 11.3 Å². The number of amides is 1. The number of aromatic nitrogens is 1. The van der Waals surface area contributed by atoms with Crippen LogP contribution in [0.25, 0.3) is 10.2 Å². The van der Waals surface area contributed by atoms with Gasteiger partial charge in [0.05, 0.1) is 10.2 Å². The fourth-order valence-corrected chi connectivity index (χ4v) is 5.64. The fraction of sp³-hybridized carbons (Fsp3) is 0.435. The number of halogens is 1. The van der Waals surface area contributed by atoms with Crippen LogP contribution in [0.15, 0.2) is 41.8 Å². The van der Waals surface area contributed by atoms with Crippen molar-refractivity contribution in [1.82, 2.24) is 14.4 Å². The molecule has 3 aromatic rings. The summed E-state index contributed by atoms with van der Waals surface area (Å²) in [7, 11) is 0. The van der Waals surface area contributed by atoms with Crippen molar-refractivity contribution in [3.8, 4) is 0 Å². The minimum Gasteiger partial charge on any atom is -0.335 e. The second-order valence-electron chi connectivity index (χ2n) is 8.21. The van der Waals surface area contributed by atoms with Crippen LogP contribution in [-0.4, -0.2) is 46.5 Å². The van der Waals surface area contributed by atoms with Crippen LogP contribution in [0.4, 0.5) is 4.39 Å². The summed E-state index contributed by atoms with van der Waals surface area (Å²) in [6.45, 7) is 3.81. The second-order valence-corrected chi connectivity index (χ2v) is 9.15. The molecule has 1 saturated heterocycles. The standard InChI is InChI=1S/C23H26FN3OS/c24-18-5-3-4-17(14-18)16-25-9-11-26(12-10-25)23(28)21-15-22-20(8-13-29-22)27(21)19-6-1-2-7-19/h3-5,8,13-15,19H,1-2,6-7,9-12,16H2. The molecule has 0 unspecified atom stereocenters.